The fraction of sp³-hybridized carbons (Fsp3) is 0.846. The number of carbonyl (C=O) groups excluding carboxylic acids is 1. The lowest BCUT2D eigenvalue weighted by Gasteiger charge is -2.34. The maximum absolute atomic E-state index is 12.0. The van der Waals surface area contributed by atoms with Gasteiger partial charge in [0.1, 0.15) is 11.6 Å². The van der Waals surface area contributed by atoms with E-state index in [2.05, 4.69) is 0 Å². The Labute approximate surface area is 109 Å². The molecule has 1 N–H and O–H groups in total. The van der Waals surface area contributed by atoms with Gasteiger partial charge >= 0.3 is 12.1 Å². The Morgan fingerprint density at radius 2 is 1.61 bits per heavy atom. The fourth-order valence-corrected chi connectivity index (χ4v) is 1.32. The first kappa shape index (κ1) is 16.7. The smallest absolute Gasteiger partial charge is 0.411 e. The van der Waals surface area contributed by atoms with Crippen LogP contribution >= 0.6 is 0 Å². The lowest BCUT2D eigenvalue weighted by atomic mass is 9.95. The molecule has 0 fully saturated rings. The van der Waals surface area contributed by atoms with Crippen molar-refractivity contribution in [3.63, 3.8) is 0 Å². The average Bonchev–Trinajstić information content (AvgIpc) is 2.08. The van der Waals surface area contributed by atoms with Gasteiger partial charge in [-0.15, -0.1) is 0 Å². The van der Waals surface area contributed by atoms with Crippen molar-refractivity contribution in [3.8, 4) is 0 Å². The molecule has 0 aliphatic heterocycles. The fourth-order valence-electron chi connectivity index (χ4n) is 1.32. The van der Waals surface area contributed by atoms with E-state index in [9.17, 15) is 9.59 Å². The van der Waals surface area contributed by atoms with Gasteiger partial charge in [0.15, 0.2) is 0 Å². The molecular formula is C13H25NO4. The molecule has 106 valence electrons. The molecule has 5 heteroatoms. The molecule has 0 unspecified atom stereocenters. The SMILES string of the molecule is C[C@@H](C(=O)O)N(CC(C)(C)C)C(=O)OC(C)(C)C. The monoisotopic (exact) mass is 259 g/mol. The van der Waals surface area contributed by atoms with Crippen molar-refractivity contribution in [1.29, 1.82) is 0 Å². The van der Waals surface area contributed by atoms with E-state index in [1.807, 2.05) is 20.8 Å². The third kappa shape index (κ3) is 6.47. The van der Waals surface area contributed by atoms with Gasteiger partial charge in [-0.1, -0.05) is 20.8 Å². The van der Waals surface area contributed by atoms with E-state index in [4.69, 9.17) is 9.84 Å². The van der Waals surface area contributed by atoms with Gasteiger partial charge in [-0.2, -0.15) is 0 Å². The summed E-state index contributed by atoms with van der Waals surface area (Å²) < 4.78 is 5.24. The largest absolute Gasteiger partial charge is 0.480 e. The predicted molar refractivity (Wildman–Crippen MR) is 69.5 cm³/mol. The first-order valence-corrected chi connectivity index (χ1v) is 6.06. The highest BCUT2D eigenvalue weighted by molar-refractivity contribution is 5.79. The molecule has 5 nitrogen and oxygen atoms in total. The number of carboxylic acid groups (broad SMARTS) is 1. The van der Waals surface area contributed by atoms with E-state index in [0.717, 1.165) is 0 Å². The molecule has 0 saturated heterocycles. The molecule has 0 bridgehead atoms. The van der Waals surface area contributed by atoms with Crippen LogP contribution in [0.25, 0.3) is 0 Å². The van der Waals surface area contributed by atoms with Crippen LogP contribution in [0.4, 0.5) is 4.79 Å². The summed E-state index contributed by atoms with van der Waals surface area (Å²) >= 11 is 0. The number of ether oxygens (including phenoxy) is 1. The Bertz CT molecular complexity index is 312. The van der Waals surface area contributed by atoms with Crippen LogP contribution in [0.5, 0.6) is 0 Å². The van der Waals surface area contributed by atoms with Gasteiger partial charge in [0, 0.05) is 6.54 Å². The van der Waals surface area contributed by atoms with Gasteiger partial charge < -0.3 is 9.84 Å². The summed E-state index contributed by atoms with van der Waals surface area (Å²) in [7, 11) is 0. The number of hydrogen-bond acceptors (Lipinski definition) is 3. The van der Waals surface area contributed by atoms with Crippen molar-refractivity contribution in [2.45, 2.75) is 60.1 Å². The maximum atomic E-state index is 12.0. The minimum atomic E-state index is -1.04. The standard InChI is InChI=1S/C13H25NO4/c1-9(10(15)16)14(8-12(2,3)4)11(17)18-13(5,6)7/h9H,8H2,1-7H3,(H,15,16)/t9-/m0/s1. The van der Waals surface area contributed by atoms with Crippen molar-refractivity contribution in [3.05, 3.63) is 0 Å². The Balaban J connectivity index is 4.98. The normalized spacial score (nSPS) is 13.9. The van der Waals surface area contributed by atoms with E-state index < -0.39 is 23.7 Å². The van der Waals surface area contributed by atoms with E-state index in [-0.39, 0.29) is 5.41 Å². The highest BCUT2D eigenvalue weighted by Gasteiger charge is 2.32. The van der Waals surface area contributed by atoms with E-state index in [1.165, 1.54) is 11.8 Å². The van der Waals surface area contributed by atoms with Crippen LogP contribution in [0.1, 0.15) is 48.5 Å². The summed E-state index contributed by atoms with van der Waals surface area (Å²) in [5.74, 6) is -1.04. The molecule has 0 heterocycles. The molecule has 0 radical (unpaired) electrons. The van der Waals surface area contributed by atoms with Crippen molar-refractivity contribution in [1.82, 2.24) is 4.90 Å². The van der Waals surface area contributed by atoms with Crippen LogP contribution in [-0.4, -0.2) is 40.3 Å². The summed E-state index contributed by atoms with van der Waals surface area (Å²) in [6, 6.07) is -0.904. The summed E-state index contributed by atoms with van der Waals surface area (Å²) in [4.78, 5) is 24.3. The number of carbonyl (C=O) groups is 2. The minimum absolute atomic E-state index is 0.194. The Kier molecular flexibility index (Phi) is 5.20. The quantitative estimate of drug-likeness (QED) is 0.846. The zero-order valence-corrected chi connectivity index (χ0v) is 12.4. The van der Waals surface area contributed by atoms with Crippen LogP contribution in [0, 0.1) is 5.41 Å². The van der Waals surface area contributed by atoms with Crippen LogP contribution in [0.15, 0.2) is 0 Å². The molecule has 0 spiro atoms. The summed E-state index contributed by atoms with van der Waals surface area (Å²) in [5, 5.41) is 9.05. The second-order valence-electron chi connectivity index (χ2n) is 6.68. The van der Waals surface area contributed by atoms with Crippen molar-refractivity contribution in [2.75, 3.05) is 6.54 Å². The van der Waals surface area contributed by atoms with Crippen LogP contribution in [0.3, 0.4) is 0 Å². The highest BCUT2D eigenvalue weighted by atomic mass is 16.6. The number of amides is 1. The summed E-state index contributed by atoms with van der Waals surface area (Å²) in [6.07, 6.45) is -0.590. The zero-order chi connectivity index (χ0) is 14.7. The molecule has 1 atom stereocenters. The van der Waals surface area contributed by atoms with Crippen LogP contribution in [-0.2, 0) is 9.53 Å². The molecule has 0 aliphatic rings. The van der Waals surface area contributed by atoms with E-state index >= 15 is 0 Å². The molecule has 0 aromatic carbocycles. The Morgan fingerprint density at radius 1 is 1.17 bits per heavy atom. The molecule has 0 saturated carbocycles. The average molecular weight is 259 g/mol. The van der Waals surface area contributed by atoms with Crippen molar-refractivity contribution < 1.29 is 19.4 Å². The molecule has 1 amide bonds. The second-order valence-corrected chi connectivity index (χ2v) is 6.68. The number of aliphatic carboxylic acids is 1. The van der Waals surface area contributed by atoms with Gasteiger partial charge in [0.25, 0.3) is 0 Å². The third-order valence-corrected chi connectivity index (χ3v) is 2.10. The molecule has 0 aromatic heterocycles. The number of rotatable bonds is 3. The maximum Gasteiger partial charge on any atom is 0.411 e. The minimum Gasteiger partial charge on any atom is -0.480 e. The van der Waals surface area contributed by atoms with Gasteiger partial charge in [-0.3, -0.25) is 4.90 Å². The van der Waals surface area contributed by atoms with Crippen LogP contribution < -0.4 is 0 Å². The molecule has 0 aliphatic carbocycles. The topological polar surface area (TPSA) is 66.8 Å². The molecule has 0 rings (SSSR count). The third-order valence-electron chi connectivity index (χ3n) is 2.10. The predicted octanol–water partition coefficient (Wildman–Crippen LogP) is 2.74. The van der Waals surface area contributed by atoms with Gasteiger partial charge in [-0.25, -0.2) is 9.59 Å². The Hall–Kier alpha value is -1.26. The van der Waals surface area contributed by atoms with Crippen molar-refractivity contribution >= 4 is 12.1 Å². The van der Waals surface area contributed by atoms with Gasteiger partial charge in [-0.05, 0) is 33.1 Å². The first-order valence-electron chi connectivity index (χ1n) is 6.06. The summed E-state index contributed by atoms with van der Waals surface area (Å²) in [6.45, 7) is 12.9. The lowest BCUT2D eigenvalue weighted by Crippen LogP contribution is -2.49. The van der Waals surface area contributed by atoms with Gasteiger partial charge in [0.05, 0.1) is 0 Å². The number of carboxylic acids is 1. The molecular weight excluding hydrogens is 234 g/mol. The first-order chi connectivity index (χ1) is 7.83. The van der Waals surface area contributed by atoms with Crippen molar-refractivity contribution in [2.24, 2.45) is 5.41 Å². The van der Waals surface area contributed by atoms with E-state index in [1.54, 1.807) is 20.8 Å². The Morgan fingerprint density at radius 3 is 1.89 bits per heavy atom. The zero-order valence-electron chi connectivity index (χ0n) is 12.4. The van der Waals surface area contributed by atoms with E-state index in [0.29, 0.717) is 6.54 Å². The molecule has 0 aromatic rings. The highest BCUT2D eigenvalue weighted by Crippen LogP contribution is 2.20. The van der Waals surface area contributed by atoms with Crippen LogP contribution in [0.2, 0.25) is 0 Å². The number of nitrogens with zero attached hydrogens (tertiary/aromatic N) is 1. The molecule has 18 heavy (non-hydrogen) atoms. The lowest BCUT2D eigenvalue weighted by molar-refractivity contribution is -0.142. The second kappa shape index (κ2) is 5.59. The summed E-state index contributed by atoms with van der Waals surface area (Å²) in [5.41, 5.74) is -0.827. The van der Waals surface area contributed by atoms with Gasteiger partial charge in [0.2, 0.25) is 0 Å². The number of hydrogen-bond donors (Lipinski definition) is 1.